The third-order valence-electron chi connectivity index (χ3n) is 2.23. The number of unbranched alkanes of at least 4 members (excludes halogenated alkanes) is 2. The Bertz CT molecular complexity index is 451. The van der Waals surface area contributed by atoms with Gasteiger partial charge in [-0.15, -0.1) is 0 Å². The molecule has 1 rings (SSSR count). The summed E-state index contributed by atoms with van der Waals surface area (Å²) < 4.78 is 0. The Morgan fingerprint density at radius 1 is 1.42 bits per heavy atom. The minimum atomic E-state index is -0.825. The number of hydrogen-bond acceptors (Lipinski definition) is 5. The predicted octanol–water partition coefficient (Wildman–Crippen LogP) is 1.39. The van der Waals surface area contributed by atoms with E-state index in [4.69, 9.17) is 5.11 Å². The first-order valence-corrected chi connectivity index (χ1v) is 7.22. The largest absolute Gasteiger partial charge is 0.480 e. The van der Waals surface area contributed by atoms with Crippen LogP contribution in [0.5, 0.6) is 0 Å². The summed E-state index contributed by atoms with van der Waals surface area (Å²) in [7, 11) is 0. The fourth-order valence-electron chi connectivity index (χ4n) is 1.31. The van der Waals surface area contributed by atoms with Crippen molar-refractivity contribution in [3.05, 3.63) is 18.0 Å². The monoisotopic (exact) mass is 279 g/mol. The number of rotatable bonds is 7. The zero-order chi connectivity index (χ0) is 13.9. The van der Waals surface area contributed by atoms with Crippen LogP contribution in [0, 0.1) is 11.8 Å². The van der Waals surface area contributed by atoms with Crippen molar-refractivity contribution in [1.29, 1.82) is 0 Å². The average Bonchev–Trinajstić information content (AvgIpc) is 2.42. The van der Waals surface area contributed by atoms with E-state index < -0.39 is 5.97 Å². The Labute approximate surface area is 117 Å². The second-order valence-electron chi connectivity index (χ2n) is 3.79. The van der Waals surface area contributed by atoms with Gasteiger partial charge < -0.3 is 10.4 Å². The maximum Gasteiger partial charge on any atom is 0.317 e. The van der Waals surface area contributed by atoms with Crippen molar-refractivity contribution in [3.8, 4) is 11.8 Å². The number of aliphatic carboxylic acids is 1. The molecule has 0 saturated heterocycles. The number of hydrogen-bond donors (Lipinski definition) is 2. The molecule has 0 unspecified atom stereocenters. The first-order chi connectivity index (χ1) is 9.22. The Kier molecular flexibility index (Phi) is 7.63. The summed E-state index contributed by atoms with van der Waals surface area (Å²) in [6, 6.07) is 0. The van der Waals surface area contributed by atoms with Gasteiger partial charge in [-0.1, -0.05) is 23.6 Å². The highest BCUT2D eigenvalue weighted by atomic mass is 32.2. The highest BCUT2D eigenvalue weighted by molar-refractivity contribution is 7.98. The SMILES string of the molecule is CSc1ncc(C#CCCCCNCC(=O)O)cn1. The summed E-state index contributed by atoms with van der Waals surface area (Å²) in [6.07, 6.45) is 8.03. The summed E-state index contributed by atoms with van der Waals surface area (Å²) in [5.74, 6) is 5.24. The fraction of sp³-hybridized carbons (Fsp3) is 0.462. The highest BCUT2D eigenvalue weighted by Crippen LogP contribution is 2.06. The molecule has 0 atom stereocenters. The van der Waals surface area contributed by atoms with E-state index in [0.29, 0.717) is 6.54 Å². The van der Waals surface area contributed by atoms with E-state index in [0.717, 1.165) is 30.0 Å². The quantitative estimate of drug-likeness (QED) is 0.340. The van der Waals surface area contributed by atoms with Gasteiger partial charge in [0.2, 0.25) is 0 Å². The second-order valence-corrected chi connectivity index (χ2v) is 4.56. The summed E-state index contributed by atoms with van der Waals surface area (Å²) in [4.78, 5) is 18.5. The smallest absolute Gasteiger partial charge is 0.317 e. The second kappa shape index (κ2) is 9.36. The third kappa shape index (κ3) is 7.44. The molecule has 1 aromatic rings. The molecule has 0 saturated carbocycles. The van der Waals surface area contributed by atoms with Gasteiger partial charge in [0.05, 0.1) is 12.1 Å². The van der Waals surface area contributed by atoms with Crippen LogP contribution in [-0.2, 0) is 4.79 Å². The molecule has 1 heterocycles. The molecule has 2 N–H and O–H groups in total. The number of thioether (sulfide) groups is 1. The van der Waals surface area contributed by atoms with Gasteiger partial charge in [-0.2, -0.15) is 0 Å². The zero-order valence-electron chi connectivity index (χ0n) is 10.8. The van der Waals surface area contributed by atoms with Crippen molar-refractivity contribution in [3.63, 3.8) is 0 Å². The van der Waals surface area contributed by atoms with Crippen LogP contribution < -0.4 is 5.32 Å². The van der Waals surface area contributed by atoms with E-state index >= 15 is 0 Å². The van der Waals surface area contributed by atoms with Crippen molar-refractivity contribution < 1.29 is 9.90 Å². The van der Waals surface area contributed by atoms with Crippen LogP contribution in [0.4, 0.5) is 0 Å². The van der Waals surface area contributed by atoms with Crippen LogP contribution >= 0.6 is 11.8 Å². The Morgan fingerprint density at radius 2 is 2.16 bits per heavy atom. The summed E-state index contributed by atoms with van der Waals surface area (Å²) >= 11 is 1.50. The lowest BCUT2D eigenvalue weighted by Gasteiger charge is -1.98. The topological polar surface area (TPSA) is 75.1 Å². The average molecular weight is 279 g/mol. The molecule has 0 aromatic carbocycles. The maximum atomic E-state index is 10.2. The lowest BCUT2D eigenvalue weighted by atomic mass is 10.2. The van der Waals surface area contributed by atoms with Gasteiger partial charge in [0.25, 0.3) is 0 Å². The Morgan fingerprint density at radius 3 is 2.79 bits per heavy atom. The molecule has 0 radical (unpaired) electrons. The van der Waals surface area contributed by atoms with Gasteiger partial charge in [-0.05, 0) is 25.6 Å². The van der Waals surface area contributed by atoms with Gasteiger partial charge >= 0.3 is 5.97 Å². The summed E-state index contributed by atoms with van der Waals surface area (Å²) in [6.45, 7) is 0.727. The molecule has 0 spiro atoms. The molecule has 0 amide bonds. The molecule has 0 fully saturated rings. The molecule has 1 aromatic heterocycles. The molecule has 19 heavy (non-hydrogen) atoms. The van der Waals surface area contributed by atoms with Gasteiger partial charge in [0.1, 0.15) is 0 Å². The van der Waals surface area contributed by atoms with Crippen LogP contribution in [0.25, 0.3) is 0 Å². The standard InChI is InChI=1S/C13H17N3O2S/c1-19-13-15-8-11(9-16-13)6-4-2-3-5-7-14-10-12(17)18/h8-9,14H,2-3,5,7,10H2,1H3,(H,17,18). The molecular formula is C13H17N3O2S. The number of carboxylic acids is 1. The first kappa shape index (κ1) is 15.5. The molecular weight excluding hydrogens is 262 g/mol. The van der Waals surface area contributed by atoms with E-state index in [1.54, 1.807) is 12.4 Å². The van der Waals surface area contributed by atoms with Crippen molar-refractivity contribution in [1.82, 2.24) is 15.3 Å². The summed E-state index contributed by atoms with van der Waals surface area (Å²) in [5.41, 5.74) is 0.821. The van der Waals surface area contributed by atoms with Crippen molar-refractivity contribution in [2.75, 3.05) is 19.3 Å². The Hall–Kier alpha value is -1.58. The van der Waals surface area contributed by atoms with Crippen molar-refractivity contribution in [2.45, 2.75) is 24.4 Å². The van der Waals surface area contributed by atoms with E-state index in [2.05, 4.69) is 27.1 Å². The van der Waals surface area contributed by atoms with E-state index in [9.17, 15) is 4.79 Å². The molecule has 0 aliphatic carbocycles. The van der Waals surface area contributed by atoms with Crippen LogP contribution in [-0.4, -0.2) is 40.4 Å². The number of carbonyl (C=O) groups is 1. The molecule has 0 aliphatic rings. The van der Waals surface area contributed by atoms with Crippen LogP contribution in [0.1, 0.15) is 24.8 Å². The van der Waals surface area contributed by atoms with Crippen LogP contribution in [0.15, 0.2) is 17.6 Å². The predicted molar refractivity (Wildman–Crippen MR) is 75.0 cm³/mol. The van der Waals surface area contributed by atoms with Gasteiger partial charge in [0.15, 0.2) is 5.16 Å². The molecule has 5 nitrogen and oxygen atoms in total. The number of nitrogens with one attached hydrogen (secondary N) is 1. The van der Waals surface area contributed by atoms with Gasteiger partial charge in [-0.25, -0.2) is 9.97 Å². The maximum absolute atomic E-state index is 10.2. The van der Waals surface area contributed by atoms with E-state index in [-0.39, 0.29) is 6.54 Å². The van der Waals surface area contributed by atoms with Crippen LogP contribution in [0.3, 0.4) is 0 Å². The first-order valence-electron chi connectivity index (χ1n) is 6.00. The van der Waals surface area contributed by atoms with Gasteiger partial charge in [0, 0.05) is 18.8 Å². The van der Waals surface area contributed by atoms with Crippen molar-refractivity contribution in [2.24, 2.45) is 0 Å². The minimum absolute atomic E-state index is 0.0187. The Balaban J connectivity index is 2.15. The highest BCUT2D eigenvalue weighted by Gasteiger charge is 1.94. The van der Waals surface area contributed by atoms with Crippen LogP contribution in [0.2, 0.25) is 0 Å². The lowest BCUT2D eigenvalue weighted by Crippen LogP contribution is -2.23. The minimum Gasteiger partial charge on any atom is -0.480 e. The van der Waals surface area contributed by atoms with Gasteiger partial charge in [-0.3, -0.25) is 4.79 Å². The third-order valence-corrected chi connectivity index (χ3v) is 2.80. The number of nitrogens with zero attached hydrogens (tertiary/aromatic N) is 2. The normalized spacial score (nSPS) is 9.74. The summed E-state index contributed by atoms with van der Waals surface area (Å²) in [5, 5.41) is 12.0. The molecule has 0 bridgehead atoms. The lowest BCUT2D eigenvalue weighted by molar-refractivity contribution is -0.135. The van der Waals surface area contributed by atoms with Crippen molar-refractivity contribution >= 4 is 17.7 Å². The zero-order valence-corrected chi connectivity index (χ0v) is 11.7. The number of carboxylic acid groups (broad SMARTS) is 1. The van der Waals surface area contributed by atoms with E-state index in [1.807, 2.05) is 6.26 Å². The molecule has 6 heteroatoms. The molecule has 102 valence electrons. The fourth-order valence-corrected chi connectivity index (χ4v) is 1.63. The van der Waals surface area contributed by atoms with E-state index in [1.165, 1.54) is 11.8 Å². The number of aromatic nitrogens is 2. The molecule has 0 aliphatic heterocycles.